The molecule has 3 heteroatoms. The summed E-state index contributed by atoms with van der Waals surface area (Å²) in [6.45, 7) is 0. The van der Waals surface area contributed by atoms with Gasteiger partial charge in [-0.1, -0.05) is 82.7 Å². The van der Waals surface area contributed by atoms with Crippen LogP contribution in [0.1, 0.15) is 11.1 Å². The maximum atomic E-state index is 4.57. The van der Waals surface area contributed by atoms with Crippen molar-refractivity contribution in [3.63, 3.8) is 0 Å². The fourth-order valence-electron chi connectivity index (χ4n) is 2.20. The molecule has 0 saturated heterocycles. The highest BCUT2D eigenvalue weighted by atomic mass is 79.9. The molecule has 0 atom stereocenters. The summed E-state index contributed by atoms with van der Waals surface area (Å²) in [7, 11) is 0. The van der Waals surface area contributed by atoms with Gasteiger partial charge < -0.3 is 0 Å². The van der Waals surface area contributed by atoms with E-state index in [0.717, 1.165) is 27.0 Å². The minimum atomic E-state index is 0.871. The SMILES string of the molecule is Brc1ccc(C(/C=C/c2ccccc2)=N/Nc2ccccc2)cc1. The van der Waals surface area contributed by atoms with Crippen molar-refractivity contribution in [3.05, 3.63) is 107 Å². The molecule has 0 aliphatic carbocycles. The van der Waals surface area contributed by atoms with Crippen LogP contribution in [0.2, 0.25) is 0 Å². The first-order valence-corrected chi connectivity index (χ1v) is 8.48. The van der Waals surface area contributed by atoms with Gasteiger partial charge in [-0.25, -0.2) is 0 Å². The van der Waals surface area contributed by atoms with Gasteiger partial charge in [0, 0.05) is 10.0 Å². The third kappa shape index (κ3) is 4.67. The second-order valence-corrected chi connectivity index (χ2v) is 6.14. The summed E-state index contributed by atoms with van der Waals surface area (Å²) < 4.78 is 1.05. The average molecular weight is 377 g/mol. The van der Waals surface area contributed by atoms with Crippen molar-refractivity contribution in [2.75, 3.05) is 5.43 Å². The van der Waals surface area contributed by atoms with Crippen LogP contribution in [0.25, 0.3) is 6.08 Å². The van der Waals surface area contributed by atoms with Crippen molar-refractivity contribution >= 4 is 33.4 Å². The first kappa shape index (κ1) is 16.2. The van der Waals surface area contributed by atoms with Crippen molar-refractivity contribution < 1.29 is 0 Å². The van der Waals surface area contributed by atoms with Gasteiger partial charge in [0.15, 0.2) is 0 Å². The van der Waals surface area contributed by atoms with Crippen LogP contribution in [-0.2, 0) is 0 Å². The van der Waals surface area contributed by atoms with Crippen molar-refractivity contribution in [3.8, 4) is 0 Å². The largest absolute Gasteiger partial charge is 0.278 e. The molecule has 3 aromatic carbocycles. The maximum absolute atomic E-state index is 4.57. The predicted octanol–water partition coefficient (Wildman–Crippen LogP) is 5.98. The van der Waals surface area contributed by atoms with Gasteiger partial charge in [0.25, 0.3) is 0 Å². The molecular formula is C21H17BrN2. The molecule has 2 nitrogen and oxygen atoms in total. The van der Waals surface area contributed by atoms with Crippen molar-refractivity contribution in [2.45, 2.75) is 0 Å². The Morgan fingerprint density at radius 3 is 2.08 bits per heavy atom. The van der Waals surface area contributed by atoms with Crippen LogP contribution in [0, 0.1) is 0 Å². The van der Waals surface area contributed by atoms with E-state index in [1.54, 1.807) is 0 Å². The molecule has 0 bridgehead atoms. The van der Waals surface area contributed by atoms with E-state index in [1.807, 2.05) is 78.9 Å². The zero-order valence-electron chi connectivity index (χ0n) is 13.1. The van der Waals surface area contributed by atoms with E-state index in [2.05, 4.69) is 44.7 Å². The van der Waals surface area contributed by atoms with Gasteiger partial charge in [-0.2, -0.15) is 5.10 Å². The number of nitrogens with one attached hydrogen (secondary N) is 1. The van der Waals surface area contributed by atoms with Crippen LogP contribution in [0.5, 0.6) is 0 Å². The molecule has 0 heterocycles. The maximum Gasteiger partial charge on any atom is 0.0905 e. The number of rotatable bonds is 5. The quantitative estimate of drug-likeness (QED) is 0.429. The highest BCUT2D eigenvalue weighted by Crippen LogP contribution is 2.14. The van der Waals surface area contributed by atoms with E-state index in [9.17, 15) is 0 Å². The summed E-state index contributed by atoms with van der Waals surface area (Å²) in [5.74, 6) is 0. The molecule has 24 heavy (non-hydrogen) atoms. The van der Waals surface area contributed by atoms with E-state index in [4.69, 9.17) is 0 Å². The lowest BCUT2D eigenvalue weighted by molar-refractivity contribution is 1.33. The topological polar surface area (TPSA) is 24.4 Å². The number of hydrogen-bond acceptors (Lipinski definition) is 2. The Morgan fingerprint density at radius 2 is 1.42 bits per heavy atom. The number of hydrazone groups is 1. The predicted molar refractivity (Wildman–Crippen MR) is 106 cm³/mol. The van der Waals surface area contributed by atoms with Gasteiger partial charge >= 0.3 is 0 Å². The van der Waals surface area contributed by atoms with Crippen LogP contribution in [0.3, 0.4) is 0 Å². The van der Waals surface area contributed by atoms with Crippen LogP contribution in [0.4, 0.5) is 5.69 Å². The zero-order valence-corrected chi connectivity index (χ0v) is 14.6. The molecular weight excluding hydrogens is 360 g/mol. The lowest BCUT2D eigenvalue weighted by atomic mass is 10.1. The van der Waals surface area contributed by atoms with Crippen LogP contribution < -0.4 is 5.43 Å². The molecule has 118 valence electrons. The number of para-hydroxylation sites is 1. The molecule has 0 aliphatic rings. The number of hydrogen-bond donors (Lipinski definition) is 1. The van der Waals surface area contributed by atoms with Crippen molar-refractivity contribution in [1.82, 2.24) is 0 Å². The Hall–Kier alpha value is -2.65. The Kier molecular flexibility index (Phi) is 5.59. The van der Waals surface area contributed by atoms with Crippen LogP contribution in [-0.4, -0.2) is 5.71 Å². The standard InChI is InChI=1S/C21H17BrN2/c22-19-14-12-18(13-15-19)21(16-11-17-7-3-1-4-8-17)24-23-20-9-5-2-6-10-20/h1-16,23H/b16-11+,24-21+. The van der Waals surface area contributed by atoms with Gasteiger partial charge in [0.2, 0.25) is 0 Å². The third-order valence-corrected chi connectivity index (χ3v) is 3.98. The number of anilines is 1. The molecule has 3 rings (SSSR count). The summed E-state index contributed by atoms with van der Waals surface area (Å²) in [5, 5.41) is 4.57. The number of nitrogens with zero attached hydrogens (tertiary/aromatic N) is 1. The molecule has 0 amide bonds. The van der Waals surface area contributed by atoms with Crippen LogP contribution >= 0.6 is 15.9 Å². The Morgan fingerprint density at radius 1 is 0.792 bits per heavy atom. The van der Waals surface area contributed by atoms with E-state index < -0.39 is 0 Å². The zero-order chi connectivity index (χ0) is 16.6. The summed E-state index contributed by atoms with van der Waals surface area (Å²) in [4.78, 5) is 0. The molecule has 0 spiro atoms. The first-order chi connectivity index (χ1) is 11.8. The lowest BCUT2D eigenvalue weighted by Crippen LogP contribution is -2.01. The normalized spacial score (nSPS) is 11.6. The third-order valence-electron chi connectivity index (χ3n) is 3.45. The Balaban J connectivity index is 1.88. The summed E-state index contributed by atoms with van der Waals surface area (Å²) in [6, 6.07) is 28.3. The monoisotopic (exact) mass is 376 g/mol. The smallest absolute Gasteiger partial charge is 0.0905 e. The van der Waals surface area contributed by atoms with E-state index in [-0.39, 0.29) is 0 Å². The van der Waals surface area contributed by atoms with E-state index in [0.29, 0.717) is 0 Å². The number of benzene rings is 3. The molecule has 0 aliphatic heterocycles. The van der Waals surface area contributed by atoms with Gasteiger partial charge in [0.05, 0.1) is 11.4 Å². The molecule has 0 unspecified atom stereocenters. The summed E-state index contributed by atoms with van der Waals surface area (Å²) >= 11 is 3.47. The number of allylic oxidation sites excluding steroid dienone is 1. The van der Waals surface area contributed by atoms with Gasteiger partial charge in [-0.15, -0.1) is 0 Å². The lowest BCUT2D eigenvalue weighted by Gasteiger charge is -2.05. The van der Waals surface area contributed by atoms with Crippen molar-refractivity contribution in [2.24, 2.45) is 5.10 Å². The number of halogens is 1. The molecule has 0 aromatic heterocycles. The van der Waals surface area contributed by atoms with E-state index >= 15 is 0 Å². The van der Waals surface area contributed by atoms with Gasteiger partial charge in [-0.3, -0.25) is 5.43 Å². The summed E-state index contributed by atoms with van der Waals surface area (Å²) in [5.41, 5.74) is 7.14. The fourth-order valence-corrected chi connectivity index (χ4v) is 2.46. The molecule has 0 radical (unpaired) electrons. The minimum absolute atomic E-state index is 0.871. The highest BCUT2D eigenvalue weighted by Gasteiger charge is 2.01. The second-order valence-electron chi connectivity index (χ2n) is 5.23. The fraction of sp³-hybridized carbons (Fsp3) is 0. The van der Waals surface area contributed by atoms with Crippen molar-refractivity contribution in [1.29, 1.82) is 0 Å². The molecule has 1 N–H and O–H groups in total. The second kappa shape index (κ2) is 8.27. The average Bonchev–Trinajstić information content (AvgIpc) is 2.64. The van der Waals surface area contributed by atoms with Gasteiger partial charge in [-0.05, 0) is 35.9 Å². The highest BCUT2D eigenvalue weighted by molar-refractivity contribution is 9.10. The van der Waals surface area contributed by atoms with Gasteiger partial charge in [0.1, 0.15) is 0 Å². The molecule has 3 aromatic rings. The Labute approximate surface area is 150 Å². The summed E-state index contributed by atoms with van der Waals surface area (Å²) in [6.07, 6.45) is 4.09. The Bertz CT molecular complexity index is 823. The molecule has 0 fully saturated rings. The first-order valence-electron chi connectivity index (χ1n) is 7.69. The van der Waals surface area contributed by atoms with E-state index in [1.165, 1.54) is 0 Å². The minimum Gasteiger partial charge on any atom is -0.278 e. The van der Waals surface area contributed by atoms with Crippen LogP contribution in [0.15, 0.2) is 101 Å². The molecule has 0 saturated carbocycles.